The number of aliphatic hydroxyl groups is 1. The molecule has 2 aliphatic rings. The molecular formula is C18H31N3O3. The first kappa shape index (κ1) is 17.9. The molecule has 1 N–H and O–H groups in total. The van der Waals surface area contributed by atoms with Crippen LogP contribution >= 0.6 is 0 Å². The number of ether oxygens (including phenoxy) is 1. The van der Waals surface area contributed by atoms with Crippen LogP contribution in [0.25, 0.3) is 0 Å². The van der Waals surface area contributed by atoms with Crippen molar-refractivity contribution >= 4 is 0 Å². The lowest BCUT2D eigenvalue weighted by Gasteiger charge is -2.37. The van der Waals surface area contributed by atoms with Crippen molar-refractivity contribution in [1.82, 2.24) is 15.0 Å². The van der Waals surface area contributed by atoms with Crippen molar-refractivity contribution in [3.05, 3.63) is 17.5 Å². The largest absolute Gasteiger partial charge is 0.391 e. The van der Waals surface area contributed by atoms with E-state index in [2.05, 4.69) is 28.8 Å². The van der Waals surface area contributed by atoms with Gasteiger partial charge in [0, 0.05) is 57.7 Å². The molecule has 2 atom stereocenters. The molecule has 3 rings (SSSR count). The van der Waals surface area contributed by atoms with Gasteiger partial charge in [0.2, 0.25) is 0 Å². The van der Waals surface area contributed by atoms with Gasteiger partial charge in [0.15, 0.2) is 0 Å². The summed E-state index contributed by atoms with van der Waals surface area (Å²) in [7, 11) is 0. The summed E-state index contributed by atoms with van der Waals surface area (Å²) in [6, 6.07) is 1.97. The van der Waals surface area contributed by atoms with E-state index in [4.69, 9.17) is 9.26 Å². The Morgan fingerprint density at radius 2 is 1.92 bits per heavy atom. The van der Waals surface area contributed by atoms with Crippen molar-refractivity contribution < 1.29 is 14.4 Å². The van der Waals surface area contributed by atoms with Crippen molar-refractivity contribution in [2.45, 2.75) is 33.3 Å². The summed E-state index contributed by atoms with van der Waals surface area (Å²) in [6.45, 7) is 14.1. The van der Waals surface area contributed by atoms with E-state index in [1.54, 1.807) is 0 Å². The summed E-state index contributed by atoms with van der Waals surface area (Å²) >= 11 is 0. The van der Waals surface area contributed by atoms with E-state index >= 15 is 0 Å². The molecule has 2 fully saturated rings. The van der Waals surface area contributed by atoms with E-state index in [1.807, 2.05) is 13.0 Å². The lowest BCUT2D eigenvalue weighted by Crippen LogP contribution is -2.45. The maximum absolute atomic E-state index is 10.4. The number of aromatic nitrogens is 1. The highest BCUT2D eigenvalue weighted by molar-refractivity contribution is 5.05. The zero-order valence-corrected chi connectivity index (χ0v) is 15.2. The van der Waals surface area contributed by atoms with E-state index in [0.717, 1.165) is 70.4 Å². The highest BCUT2D eigenvalue weighted by atomic mass is 16.5. The third kappa shape index (κ3) is 4.79. The molecule has 0 saturated carbocycles. The Balaban J connectivity index is 1.50. The maximum atomic E-state index is 10.4. The molecule has 24 heavy (non-hydrogen) atoms. The van der Waals surface area contributed by atoms with Gasteiger partial charge in [-0.3, -0.25) is 9.80 Å². The Labute approximate surface area is 144 Å². The summed E-state index contributed by atoms with van der Waals surface area (Å²) in [4.78, 5) is 4.89. The molecule has 6 nitrogen and oxygen atoms in total. The van der Waals surface area contributed by atoms with E-state index in [0.29, 0.717) is 0 Å². The second-order valence-electron chi connectivity index (χ2n) is 8.21. The number of nitrogens with zero attached hydrogens (tertiary/aromatic N) is 3. The molecule has 0 aliphatic carbocycles. The lowest BCUT2D eigenvalue weighted by atomic mass is 9.91. The molecule has 0 amide bonds. The maximum Gasteiger partial charge on any atom is 0.137 e. The number of morpholine rings is 1. The van der Waals surface area contributed by atoms with Gasteiger partial charge in [-0.2, -0.15) is 0 Å². The van der Waals surface area contributed by atoms with Crippen LogP contribution in [0.4, 0.5) is 0 Å². The first-order valence-electron chi connectivity index (χ1n) is 9.04. The average Bonchev–Trinajstić information content (AvgIpc) is 3.05. The number of aliphatic hydroxyl groups excluding tert-OH is 1. The number of aryl methyl sites for hydroxylation is 1. The molecule has 0 spiro atoms. The monoisotopic (exact) mass is 337 g/mol. The first-order chi connectivity index (χ1) is 11.4. The van der Waals surface area contributed by atoms with Crippen LogP contribution in [0.5, 0.6) is 0 Å². The third-order valence-corrected chi connectivity index (χ3v) is 5.03. The Bertz CT molecular complexity index is 525. The smallest absolute Gasteiger partial charge is 0.137 e. The zero-order chi connectivity index (χ0) is 17.2. The molecule has 0 bridgehead atoms. The standard InChI is InChI=1S/C18H31N3O3/c1-14-8-16(24-19-14)9-15-10-21(11-17(15)22)13-18(2,3)12-20-4-6-23-7-5-20/h8,15,17,22H,4-7,9-13H2,1-3H3/t15-,17-/m1/s1. The van der Waals surface area contributed by atoms with Crippen LogP contribution in [-0.2, 0) is 11.2 Å². The van der Waals surface area contributed by atoms with Gasteiger partial charge >= 0.3 is 0 Å². The second kappa shape index (κ2) is 7.52. The van der Waals surface area contributed by atoms with Gasteiger partial charge in [-0.1, -0.05) is 19.0 Å². The fourth-order valence-electron chi connectivity index (χ4n) is 4.06. The summed E-state index contributed by atoms with van der Waals surface area (Å²) in [5.74, 6) is 1.11. The Morgan fingerprint density at radius 3 is 2.58 bits per heavy atom. The van der Waals surface area contributed by atoms with E-state index < -0.39 is 0 Å². The Hall–Kier alpha value is -0.950. The minimum Gasteiger partial charge on any atom is -0.391 e. The minimum absolute atomic E-state index is 0.203. The molecule has 6 heteroatoms. The van der Waals surface area contributed by atoms with Crippen molar-refractivity contribution in [3.8, 4) is 0 Å². The molecule has 2 saturated heterocycles. The second-order valence-corrected chi connectivity index (χ2v) is 8.21. The minimum atomic E-state index is -0.283. The van der Waals surface area contributed by atoms with Gasteiger partial charge in [-0.05, 0) is 12.3 Å². The molecule has 3 heterocycles. The van der Waals surface area contributed by atoms with E-state index in [1.165, 1.54) is 0 Å². The highest BCUT2D eigenvalue weighted by Crippen LogP contribution is 2.26. The van der Waals surface area contributed by atoms with Gasteiger partial charge in [0.25, 0.3) is 0 Å². The lowest BCUT2D eigenvalue weighted by molar-refractivity contribution is 0.0157. The summed E-state index contributed by atoms with van der Waals surface area (Å²) < 4.78 is 10.7. The van der Waals surface area contributed by atoms with Crippen molar-refractivity contribution in [2.24, 2.45) is 11.3 Å². The van der Waals surface area contributed by atoms with E-state index in [-0.39, 0.29) is 17.4 Å². The van der Waals surface area contributed by atoms with Gasteiger partial charge in [0.1, 0.15) is 5.76 Å². The van der Waals surface area contributed by atoms with Gasteiger partial charge in [-0.15, -0.1) is 0 Å². The zero-order valence-electron chi connectivity index (χ0n) is 15.2. The number of hydrogen-bond donors (Lipinski definition) is 1. The van der Waals surface area contributed by atoms with Crippen LogP contribution in [0, 0.1) is 18.3 Å². The topological polar surface area (TPSA) is 62.0 Å². The average molecular weight is 337 g/mol. The highest BCUT2D eigenvalue weighted by Gasteiger charge is 2.35. The molecule has 0 aromatic carbocycles. The van der Waals surface area contributed by atoms with Crippen LogP contribution in [0.15, 0.2) is 10.6 Å². The number of rotatable bonds is 6. The first-order valence-corrected chi connectivity index (χ1v) is 9.04. The summed E-state index contributed by atoms with van der Waals surface area (Å²) in [5, 5.41) is 14.4. The predicted molar refractivity (Wildman–Crippen MR) is 91.9 cm³/mol. The predicted octanol–water partition coefficient (Wildman–Crippen LogP) is 1.18. The van der Waals surface area contributed by atoms with Crippen molar-refractivity contribution in [2.75, 3.05) is 52.5 Å². The van der Waals surface area contributed by atoms with E-state index in [9.17, 15) is 5.11 Å². The SMILES string of the molecule is Cc1cc(C[C@@H]2CN(CC(C)(C)CN3CCOCC3)C[C@H]2O)on1. The van der Waals surface area contributed by atoms with Crippen LogP contribution < -0.4 is 0 Å². The molecule has 136 valence electrons. The molecule has 0 unspecified atom stereocenters. The fraction of sp³-hybridized carbons (Fsp3) is 0.833. The Kier molecular flexibility index (Phi) is 5.59. The number of β-amino-alcohol motifs (C(OH)–C–C–N with tert-alkyl or cyclic N) is 1. The van der Waals surface area contributed by atoms with Crippen molar-refractivity contribution in [1.29, 1.82) is 0 Å². The molecule has 1 aromatic heterocycles. The van der Waals surface area contributed by atoms with Crippen molar-refractivity contribution in [3.63, 3.8) is 0 Å². The quantitative estimate of drug-likeness (QED) is 0.841. The Morgan fingerprint density at radius 1 is 1.21 bits per heavy atom. The van der Waals surface area contributed by atoms with Crippen LogP contribution in [0.3, 0.4) is 0 Å². The van der Waals surface area contributed by atoms with Gasteiger partial charge < -0.3 is 14.4 Å². The molecular weight excluding hydrogens is 306 g/mol. The molecule has 1 aromatic rings. The number of hydrogen-bond acceptors (Lipinski definition) is 6. The van der Waals surface area contributed by atoms with Crippen LogP contribution in [-0.4, -0.2) is 78.6 Å². The molecule has 2 aliphatic heterocycles. The fourth-order valence-corrected chi connectivity index (χ4v) is 4.06. The number of likely N-dealkylation sites (tertiary alicyclic amines) is 1. The van der Waals surface area contributed by atoms with Crippen LogP contribution in [0.1, 0.15) is 25.3 Å². The van der Waals surface area contributed by atoms with Gasteiger partial charge in [-0.25, -0.2) is 0 Å². The normalized spacial score (nSPS) is 27.0. The van der Waals surface area contributed by atoms with Gasteiger partial charge in [0.05, 0.1) is 25.0 Å². The summed E-state index contributed by atoms with van der Waals surface area (Å²) in [5.41, 5.74) is 1.11. The summed E-state index contributed by atoms with van der Waals surface area (Å²) in [6.07, 6.45) is 0.483. The third-order valence-electron chi connectivity index (χ3n) is 5.03. The molecule has 0 radical (unpaired) electrons. The van der Waals surface area contributed by atoms with Crippen LogP contribution in [0.2, 0.25) is 0 Å².